The molecule has 0 bridgehead atoms. The van der Waals surface area contributed by atoms with Crippen molar-refractivity contribution >= 4 is 35.1 Å². The first-order valence-corrected chi connectivity index (χ1v) is 16.3. The van der Waals surface area contributed by atoms with Crippen LogP contribution in [0.1, 0.15) is 65.7 Å². The summed E-state index contributed by atoms with van der Waals surface area (Å²) in [6, 6.07) is 0.00816. The molecule has 1 aliphatic rings. The van der Waals surface area contributed by atoms with Crippen LogP contribution in [0.4, 0.5) is 9.59 Å². The highest BCUT2D eigenvalue weighted by atomic mass is 127. The number of rotatable bonds is 19. The number of carbonyl (C=O) groups is 2. The van der Waals surface area contributed by atoms with Crippen LogP contribution in [-0.2, 0) is 9.47 Å². The molecule has 0 heterocycles. The summed E-state index contributed by atoms with van der Waals surface area (Å²) in [7, 11) is 12.6. The van der Waals surface area contributed by atoms with Crippen molar-refractivity contribution in [2.45, 2.75) is 71.8 Å². The van der Waals surface area contributed by atoms with Crippen LogP contribution in [0.5, 0.6) is 0 Å². The average molecular weight is 697 g/mol. The summed E-state index contributed by atoms with van der Waals surface area (Å²) in [4.78, 5) is 34.3. The molecule has 1 fully saturated rings. The molecule has 0 aromatic rings. The van der Waals surface area contributed by atoms with Crippen molar-refractivity contribution < 1.29 is 19.1 Å². The van der Waals surface area contributed by atoms with E-state index in [-0.39, 0.29) is 29.1 Å². The third-order valence-corrected chi connectivity index (χ3v) is 8.34. The topological polar surface area (TPSA) is 80.8 Å². The van der Waals surface area contributed by atoms with Gasteiger partial charge in [-0.25, -0.2) is 12.7 Å². The fourth-order valence-electron chi connectivity index (χ4n) is 6.06. The number of hydrogen-bond donors (Lipinski definition) is 1. The molecule has 2 atom stereocenters. The molecule has 2 unspecified atom stereocenters. The van der Waals surface area contributed by atoms with Crippen LogP contribution >= 0.6 is 22.9 Å². The van der Waals surface area contributed by atoms with Gasteiger partial charge in [0.1, 0.15) is 0 Å². The van der Waals surface area contributed by atoms with Gasteiger partial charge in [-0.3, -0.25) is 0 Å². The normalized spacial score (nSPS) is 20.6. The smallest absolute Gasteiger partial charge is 0.418 e. The molecule has 11 heteroatoms. The Labute approximate surface area is 265 Å². The molecule has 0 aromatic carbocycles. The highest BCUT2D eigenvalue weighted by Crippen LogP contribution is 2.47. The first-order chi connectivity index (χ1) is 19.1. The van der Waals surface area contributed by atoms with E-state index in [4.69, 9.17) is 9.47 Å². The maximum absolute atomic E-state index is 12.7. The van der Waals surface area contributed by atoms with E-state index >= 15 is 0 Å². The first kappa shape index (κ1) is 38.1. The Balaban J connectivity index is 2.41. The van der Waals surface area contributed by atoms with E-state index in [2.05, 4.69) is 111 Å². The van der Waals surface area contributed by atoms with Crippen LogP contribution in [-0.4, -0.2) is 142 Å². The lowest BCUT2D eigenvalue weighted by Gasteiger charge is -2.47. The van der Waals surface area contributed by atoms with Gasteiger partial charge in [0, 0.05) is 25.7 Å². The molecule has 0 aromatic heterocycles. The van der Waals surface area contributed by atoms with Crippen molar-refractivity contribution in [3.63, 3.8) is 0 Å². The summed E-state index contributed by atoms with van der Waals surface area (Å²) in [5.41, 5.74) is -0.0966. The van der Waals surface area contributed by atoms with Gasteiger partial charge in [0.05, 0.1) is 36.1 Å². The van der Waals surface area contributed by atoms with Gasteiger partial charge >= 0.3 is 12.2 Å². The molecular weight excluding hydrogens is 635 g/mol. The lowest BCUT2D eigenvalue weighted by Crippen LogP contribution is -2.50. The molecule has 2 amide bonds. The molecule has 10 nitrogen and oxygen atoms in total. The van der Waals surface area contributed by atoms with Gasteiger partial charge in [-0.15, -0.1) is 0 Å². The minimum absolute atomic E-state index is 0.00816. The number of nitrogens with zero attached hydrogens (tertiary/aromatic N) is 5. The predicted octanol–water partition coefficient (Wildman–Crippen LogP) is 4.63. The molecule has 242 valence electrons. The summed E-state index contributed by atoms with van der Waals surface area (Å²) in [5, 5.41) is 3.12. The van der Waals surface area contributed by atoms with Crippen LogP contribution in [0.3, 0.4) is 0 Å². The molecule has 0 spiro atoms. The Bertz CT molecular complexity index is 756. The van der Waals surface area contributed by atoms with Crippen LogP contribution in [0, 0.1) is 10.8 Å². The highest BCUT2D eigenvalue weighted by molar-refractivity contribution is 14.1. The van der Waals surface area contributed by atoms with Gasteiger partial charge in [0.15, 0.2) is 0 Å². The zero-order valence-corrected chi connectivity index (χ0v) is 29.8. The summed E-state index contributed by atoms with van der Waals surface area (Å²) in [6.07, 6.45) is 5.91. The van der Waals surface area contributed by atoms with Gasteiger partial charge in [-0.05, 0) is 124 Å². The van der Waals surface area contributed by atoms with E-state index in [0.717, 1.165) is 84.2 Å². The lowest BCUT2D eigenvalue weighted by atomic mass is 9.62. The zero-order chi connectivity index (χ0) is 31.1. The maximum Gasteiger partial charge on any atom is 0.418 e. The number of hydrogen-bond acceptors (Lipinski definition) is 8. The number of amides is 2. The third kappa shape index (κ3) is 18.4. The molecule has 41 heavy (non-hydrogen) atoms. The standard InChI is InChI=1S/C30H61IN6O4/c1-29(2)22-26(32-27(38)40-20-12-18-35(8)16-10-14-33(4)5)23-30(3,24-29)25-37(31)28(39)41-21-13-19-36(9)17-11-15-34(6)7/h26H,10-25H2,1-9H3,(H,32,38). The maximum atomic E-state index is 12.7. The van der Waals surface area contributed by atoms with Crippen molar-refractivity contribution in [1.29, 1.82) is 0 Å². The fraction of sp³-hybridized carbons (Fsp3) is 0.933. The van der Waals surface area contributed by atoms with Crippen molar-refractivity contribution in [1.82, 2.24) is 28.0 Å². The largest absolute Gasteiger partial charge is 0.450 e. The van der Waals surface area contributed by atoms with Crippen LogP contribution < -0.4 is 5.32 Å². The predicted molar refractivity (Wildman–Crippen MR) is 177 cm³/mol. The first-order valence-electron chi connectivity index (χ1n) is 15.3. The molecule has 1 N–H and O–H groups in total. The second-order valence-electron chi connectivity index (χ2n) is 13.8. The average Bonchev–Trinajstić information content (AvgIpc) is 2.82. The Morgan fingerprint density at radius 1 is 0.756 bits per heavy atom. The molecule has 0 aliphatic heterocycles. The second-order valence-corrected chi connectivity index (χ2v) is 15.0. The fourth-order valence-corrected chi connectivity index (χ4v) is 7.03. The number of alkyl carbamates (subject to hydrolysis) is 1. The van der Waals surface area contributed by atoms with E-state index in [1.54, 1.807) is 3.11 Å². The molecule has 1 aliphatic carbocycles. The summed E-state index contributed by atoms with van der Waals surface area (Å²) in [5.74, 6) is 0. The minimum Gasteiger partial charge on any atom is -0.450 e. The minimum atomic E-state index is -0.345. The lowest BCUT2D eigenvalue weighted by molar-refractivity contribution is 0.0507. The van der Waals surface area contributed by atoms with Gasteiger partial charge in [0.25, 0.3) is 0 Å². The highest BCUT2D eigenvalue weighted by Gasteiger charge is 2.43. The molecule has 0 radical (unpaired) electrons. The van der Waals surface area contributed by atoms with Crippen molar-refractivity contribution in [3.8, 4) is 0 Å². The van der Waals surface area contributed by atoms with Crippen molar-refractivity contribution in [2.75, 3.05) is 101 Å². The van der Waals surface area contributed by atoms with E-state index in [9.17, 15) is 9.59 Å². The number of nitrogens with one attached hydrogen (secondary N) is 1. The second kappa shape index (κ2) is 19.4. The monoisotopic (exact) mass is 696 g/mol. The zero-order valence-electron chi connectivity index (χ0n) is 27.6. The summed E-state index contributed by atoms with van der Waals surface area (Å²) in [6.45, 7) is 14.1. The Kier molecular flexibility index (Phi) is 18.0. The number of halogens is 1. The summed E-state index contributed by atoms with van der Waals surface area (Å²) >= 11 is 2.08. The molecule has 0 saturated heterocycles. The van der Waals surface area contributed by atoms with E-state index < -0.39 is 0 Å². The van der Waals surface area contributed by atoms with Crippen molar-refractivity contribution in [2.24, 2.45) is 10.8 Å². The van der Waals surface area contributed by atoms with E-state index in [0.29, 0.717) is 19.8 Å². The molecular formula is C30H61IN6O4. The Morgan fingerprint density at radius 2 is 1.24 bits per heavy atom. The van der Waals surface area contributed by atoms with Gasteiger partial charge in [-0.1, -0.05) is 20.8 Å². The van der Waals surface area contributed by atoms with Crippen LogP contribution in [0.15, 0.2) is 0 Å². The summed E-state index contributed by atoms with van der Waals surface area (Å²) < 4.78 is 12.8. The molecule has 1 saturated carbocycles. The number of carbonyl (C=O) groups excluding carboxylic acids is 2. The van der Waals surface area contributed by atoms with Crippen LogP contribution in [0.2, 0.25) is 0 Å². The molecule has 1 rings (SSSR count). The van der Waals surface area contributed by atoms with Gasteiger partial charge in [0.2, 0.25) is 0 Å². The quantitative estimate of drug-likeness (QED) is 0.119. The van der Waals surface area contributed by atoms with Crippen LogP contribution in [0.25, 0.3) is 0 Å². The third-order valence-electron chi connectivity index (χ3n) is 7.60. The van der Waals surface area contributed by atoms with E-state index in [1.165, 1.54) is 0 Å². The SMILES string of the molecule is CN(C)CCCN(C)CCCOC(=O)NC1CC(C)(C)CC(C)(CN(I)C(=O)OCCCN(C)CCCN(C)C)C1. The Hall–Kier alpha value is -0.890. The number of ether oxygens (including phenoxy) is 2. The van der Waals surface area contributed by atoms with E-state index in [1.807, 2.05) is 0 Å². The van der Waals surface area contributed by atoms with Gasteiger partial charge < -0.3 is 34.4 Å². The van der Waals surface area contributed by atoms with Crippen molar-refractivity contribution in [3.05, 3.63) is 0 Å². The van der Waals surface area contributed by atoms with Gasteiger partial charge in [-0.2, -0.15) is 0 Å². The Morgan fingerprint density at radius 3 is 1.76 bits per heavy atom.